The molecule has 0 amide bonds. The lowest BCUT2D eigenvalue weighted by Crippen LogP contribution is -2.41. The van der Waals surface area contributed by atoms with Gasteiger partial charge in [-0.25, -0.2) is 4.79 Å². The van der Waals surface area contributed by atoms with E-state index in [2.05, 4.69) is 5.10 Å². The van der Waals surface area contributed by atoms with Gasteiger partial charge in [0.25, 0.3) is 0 Å². The van der Waals surface area contributed by atoms with Crippen LogP contribution in [0.3, 0.4) is 0 Å². The molecule has 7 heteroatoms. The van der Waals surface area contributed by atoms with Gasteiger partial charge in [0.15, 0.2) is 0 Å². The highest BCUT2D eigenvalue weighted by atomic mass is 16.7. The minimum atomic E-state index is -0.582. The zero-order valence-corrected chi connectivity index (χ0v) is 17.1. The Labute approximate surface area is 160 Å². The van der Waals surface area contributed by atoms with E-state index in [-0.39, 0.29) is 11.2 Å². The van der Waals surface area contributed by atoms with Crippen LogP contribution < -0.4 is 5.46 Å². The molecule has 0 radical (unpaired) electrons. The van der Waals surface area contributed by atoms with E-state index in [0.717, 1.165) is 11.0 Å². The van der Waals surface area contributed by atoms with E-state index < -0.39 is 18.8 Å². The number of hydrogen-bond acceptors (Lipinski definition) is 5. The summed E-state index contributed by atoms with van der Waals surface area (Å²) >= 11 is 0. The van der Waals surface area contributed by atoms with Gasteiger partial charge in [0, 0.05) is 5.56 Å². The monoisotopic (exact) mass is 370 g/mol. The maximum absolute atomic E-state index is 12.4. The quantitative estimate of drug-likeness (QED) is 0.756. The number of carbonyl (C=O) groups is 1. The highest BCUT2D eigenvalue weighted by Gasteiger charge is 2.51. The maximum atomic E-state index is 12.4. The first kappa shape index (κ1) is 19.6. The van der Waals surface area contributed by atoms with Gasteiger partial charge in [-0.1, -0.05) is 24.3 Å². The Bertz CT molecular complexity index is 818. The van der Waals surface area contributed by atoms with Crippen LogP contribution in [-0.4, -0.2) is 39.8 Å². The van der Waals surface area contributed by atoms with Crippen LogP contribution in [0.15, 0.2) is 36.5 Å². The Morgan fingerprint density at radius 2 is 1.59 bits per heavy atom. The molecule has 2 heterocycles. The molecule has 6 nitrogen and oxygen atoms in total. The van der Waals surface area contributed by atoms with Crippen molar-refractivity contribution in [2.45, 2.75) is 65.3 Å². The zero-order chi connectivity index (χ0) is 20.0. The lowest BCUT2D eigenvalue weighted by Gasteiger charge is -2.32. The van der Waals surface area contributed by atoms with Gasteiger partial charge in [-0.2, -0.15) is 9.78 Å². The second-order valence-corrected chi connectivity index (χ2v) is 8.82. The Balaban J connectivity index is 1.82. The Morgan fingerprint density at radius 1 is 1.04 bits per heavy atom. The minimum absolute atomic E-state index is 0.383. The molecule has 1 aliphatic heterocycles. The van der Waals surface area contributed by atoms with Crippen molar-refractivity contribution < 1.29 is 18.8 Å². The van der Waals surface area contributed by atoms with Crippen LogP contribution in [0.5, 0.6) is 0 Å². The largest absolute Gasteiger partial charge is 0.494 e. The van der Waals surface area contributed by atoms with E-state index in [1.54, 1.807) is 12.3 Å². The van der Waals surface area contributed by atoms with E-state index >= 15 is 0 Å². The van der Waals surface area contributed by atoms with Crippen LogP contribution in [0.1, 0.15) is 48.5 Å². The van der Waals surface area contributed by atoms with Gasteiger partial charge >= 0.3 is 13.2 Å². The third kappa shape index (κ3) is 3.94. The highest BCUT2D eigenvalue weighted by molar-refractivity contribution is 6.62. The maximum Gasteiger partial charge on any atom is 0.494 e. The summed E-state index contributed by atoms with van der Waals surface area (Å²) in [6.45, 7) is 13.6. The molecule has 1 aliphatic rings. The molecule has 0 spiro atoms. The summed E-state index contributed by atoms with van der Waals surface area (Å²) in [6.07, 6.45) is 1.08. The summed E-state index contributed by atoms with van der Waals surface area (Å²) in [5.74, 6) is 0. The predicted molar refractivity (Wildman–Crippen MR) is 105 cm³/mol. The summed E-state index contributed by atoms with van der Waals surface area (Å²) in [4.78, 5) is 12.4. The molecule has 1 fully saturated rings. The van der Waals surface area contributed by atoms with Crippen molar-refractivity contribution in [3.8, 4) is 11.3 Å². The standard InChI is InChI=1S/C20H27BN2O4/c1-18(2,3)25-17(24)23-16(12-13-22-23)14-8-10-15(11-9-14)21-26-19(4,5)20(6,7)27-21/h8-13H,1-7H3. The van der Waals surface area contributed by atoms with Crippen molar-refractivity contribution in [1.29, 1.82) is 0 Å². The average molecular weight is 370 g/mol. The first-order chi connectivity index (χ1) is 12.4. The molecule has 2 aromatic rings. The molecule has 0 unspecified atom stereocenters. The van der Waals surface area contributed by atoms with Crippen molar-refractivity contribution in [3.63, 3.8) is 0 Å². The average Bonchev–Trinajstić information content (AvgIpc) is 3.09. The summed E-state index contributed by atoms with van der Waals surface area (Å²) in [6, 6.07) is 9.54. The van der Waals surface area contributed by atoms with Gasteiger partial charge in [0.1, 0.15) is 5.60 Å². The van der Waals surface area contributed by atoms with E-state index in [9.17, 15) is 4.79 Å². The lowest BCUT2D eigenvalue weighted by atomic mass is 9.79. The highest BCUT2D eigenvalue weighted by Crippen LogP contribution is 2.36. The molecular formula is C20H27BN2O4. The Morgan fingerprint density at radius 3 is 2.11 bits per heavy atom. The predicted octanol–water partition coefficient (Wildman–Crippen LogP) is 3.63. The Kier molecular flexibility index (Phi) is 4.72. The third-order valence-electron chi connectivity index (χ3n) is 4.94. The van der Waals surface area contributed by atoms with Gasteiger partial charge in [0.05, 0.1) is 23.1 Å². The van der Waals surface area contributed by atoms with Gasteiger partial charge < -0.3 is 14.0 Å². The number of aromatic nitrogens is 2. The summed E-state index contributed by atoms with van der Waals surface area (Å²) in [7, 11) is -0.417. The smallest absolute Gasteiger partial charge is 0.442 e. The van der Waals surface area contributed by atoms with Gasteiger partial charge in [-0.05, 0) is 60.0 Å². The number of benzene rings is 1. The Hall–Kier alpha value is -2.12. The SMILES string of the molecule is CC(C)(C)OC(=O)n1nccc1-c1ccc(B2OC(C)(C)C(C)(C)O2)cc1. The first-order valence-corrected chi connectivity index (χ1v) is 9.13. The molecule has 0 aliphatic carbocycles. The zero-order valence-electron chi connectivity index (χ0n) is 17.1. The van der Waals surface area contributed by atoms with Crippen molar-refractivity contribution >= 4 is 18.7 Å². The molecule has 1 aromatic carbocycles. The fourth-order valence-electron chi connectivity index (χ4n) is 2.76. The van der Waals surface area contributed by atoms with Crippen LogP contribution in [0.2, 0.25) is 0 Å². The van der Waals surface area contributed by atoms with Crippen LogP contribution in [0, 0.1) is 0 Å². The van der Waals surface area contributed by atoms with Gasteiger partial charge in [-0.3, -0.25) is 0 Å². The topological polar surface area (TPSA) is 62.6 Å². The molecule has 0 bridgehead atoms. The molecule has 0 N–H and O–H groups in total. The van der Waals surface area contributed by atoms with Crippen molar-refractivity contribution in [2.24, 2.45) is 0 Å². The fraction of sp³-hybridized carbons (Fsp3) is 0.500. The van der Waals surface area contributed by atoms with Gasteiger partial charge in [0.2, 0.25) is 0 Å². The van der Waals surface area contributed by atoms with Crippen LogP contribution >= 0.6 is 0 Å². The molecular weight excluding hydrogens is 343 g/mol. The second kappa shape index (κ2) is 6.50. The fourth-order valence-corrected chi connectivity index (χ4v) is 2.76. The van der Waals surface area contributed by atoms with Gasteiger partial charge in [-0.15, -0.1) is 0 Å². The van der Waals surface area contributed by atoms with E-state index in [0.29, 0.717) is 5.69 Å². The third-order valence-corrected chi connectivity index (χ3v) is 4.94. The number of nitrogens with zero attached hydrogens (tertiary/aromatic N) is 2. The molecule has 3 rings (SSSR count). The number of rotatable bonds is 2. The normalized spacial score (nSPS) is 18.6. The molecule has 144 valence electrons. The van der Waals surface area contributed by atoms with E-state index in [1.165, 1.54) is 4.68 Å². The van der Waals surface area contributed by atoms with E-state index in [4.69, 9.17) is 14.0 Å². The minimum Gasteiger partial charge on any atom is -0.442 e. The summed E-state index contributed by atoms with van der Waals surface area (Å²) in [5, 5.41) is 4.11. The summed E-state index contributed by atoms with van der Waals surface area (Å²) < 4.78 is 18.9. The molecule has 0 atom stereocenters. The second-order valence-electron chi connectivity index (χ2n) is 8.82. The molecule has 27 heavy (non-hydrogen) atoms. The number of ether oxygens (including phenoxy) is 1. The van der Waals surface area contributed by atoms with Crippen LogP contribution in [-0.2, 0) is 14.0 Å². The molecule has 0 saturated carbocycles. The number of hydrogen-bond donors (Lipinski definition) is 0. The van der Waals surface area contributed by atoms with Crippen molar-refractivity contribution in [2.75, 3.05) is 0 Å². The lowest BCUT2D eigenvalue weighted by molar-refractivity contribution is 0.00578. The van der Waals surface area contributed by atoms with Crippen molar-refractivity contribution in [3.05, 3.63) is 36.5 Å². The van der Waals surface area contributed by atoms with Crippen LogP contribution in [0.4, 0.5) is 4.79 Å². The summed E-state index contributed by atoms with van der Waals surface area (Å²) in [5.41, 5.74) is 1.11. The van der Waals surface area contributed by atoms with E-state index in [1.807, 2.05) is 72.7 Å². The molecule has 1 saturated heterocycles. The first-order valence-electron chi connectivity index (χ1n) is 9.13. The van der Waals surface area contributed by atoms with Crippen LogP contribution in [0.25, 0.3) is 11.3 Å². The molecule has 1 aromatic heterocycles. The number of carbonyl (C=O) groups excluding carboxylic acids is 1. The van der Waals surface area contributed by atoms with Crippen molar-refractivity contribution in [1.82, 2.24) is 9.78 Å².